The molecular formula is C18H17F4N5O4. The maximum absolute atomic E-state index is 13.3. The number of carbonyl (C=O) groups excluding carboxylic acids is 1. The van der Waals surface area contributed by atoms with Gasteiger partial charge in [-0.05, 0) is 31.5 Å². The van der Waals surface area contributed by atoms with E-state index in [4.69, 9.17) is 0 Å². The minimum atomic E-state index is -3.52. The van der Waals surface area contributed by atoms with Crippen molar-refractivity contribution in [2.24, 2.45) is 5.10 Å². The van der Waals surface area contributed by atoms with Crippen molar-refractivity contribution in [3.05, 3.63) is 56.9 Å². The van der Waals surface area contributed by atoms with Crippen LogP contribution in [0.5, 0.6) is 0 Å². The zero-order chi connectivity index (χ0) is 23.1. The fraction of sp³-hybridized carbons (Fsp3) is 0.389. The molecule has 0 bridgehead atoms. The first-order chi connectivity index (χ1) is 14.5. The van der Waals surface area contributed by atoms with Crippen LogP contribution < -0.4 is 0 Å². The summed E-state index contributed by atoms with van der Waals surface area (Å²) < 4.78 is 53.8. The summed E-state index contributed by atoms with van der Waals surface area (Å²) in [5.74, 6) is -1.17. The highest BCUT2D eigenvalue weighted by Crippen LogP contribution is 2.34. The standard InChI is InChI=1S/C18H17F4N5O4/c1-9-14(27(30)31)10(2)25(23-9)8-11-3-5-12(6-4-11)16(28)26-18(29,17(21)22)7-13(24-26)15(19)20/h3-6,15,17,29H,7-8H2,1-2H3/t18-/m1/s1. The van der Waals surface area contributed by atoms with Crippen molar-refractivity contribution in [2.45, 2.75) is 45.4 Å². The zero-order valence-electron chi connectivity index (χ0n) is 16.3. The lowest BCUT2D eigenvalue weighted by molar-refractivity contribution is -0.386. The summed E-state index contributed by atoms with van der Waals surface area (Å²) in [7, 11) is 0. The average Bonchev–Trinajstić information content (AvgIpc) is 3.19. The van der Waals surface area contributed by atoms with Gasteiger partial charge in [-0.3, -0.25) is 19.6 Å². The van der Waals surface area contributed by atoms with Crippen LogP contribution >= 0.6 is 0 Å². The van der Waals surface area contributed by atoms with Gasteiger partial charge in [0.25, 0.3) is 18.8 Å². The summed E-state index contributed by atoms with van der Waals surface area (Å²) >= 11 is 0. The summed E-state index contributed by atoms with van der Waals surface area (Å²) in [6, 6.07) is 5.40. The summed E-state index contributed by atoms with van der Waals surface area (Å²) in [4.78, 5) is 23.1. The summed E-state index contributed by atoms with van der Waals surface area (Å²) in [6.45, 7) is 3.16. The van der Waals surface area contributed by atoms with Crippen molar-refractivity contribution in [3.63, 3.8) is 0 Å². The Hall–Kier alpha value is -3.35. The van der Waals surface area contributed by atoms with Gasteiger partial charge >= 0.3 is 5.69 Å². The first kappa shape index (κ1) is 22.3. The van der Waals surface area contributed by atoms with Gasteiger partial charge < -0.3 is 5.11 Å². The van der Waals surface area contributed by atoms with Gasteiger partial charge in [0.15, 0.2) is 0 Å². The van der Waals surface area contributed by atoms with Crippen LogP contribution in [-0.2, 0) is 6.54 Å². The Labute approximate surface area is 172 Å². The number of alkyl halides is 4. The molecule has 0 unspecified atom stereocenters. The van der Waals surface area contributed by atoms with Crippen LogP contribution in [0.15, 0.2) is 29.4 Å². The molecule has 0 saturated heterocycles. The molecule has 9 nitrogen and oxygen atoms in total. The van der Waals surface area contributed by atoms with Crippen molar-refractivity contribution < 1.29 is 32.4 Å². The van der Waals surface area contributed by atoms with E-state index in [1.54, 1.807) is 0 Å². The van der Waals surface area contributed by atoms with Gasteiger partial charge in [-0.25, -0.2) is 17.6 Å². The molecule has 1 aliphatic heterocycles. The number of hydrazone groups is 1. The molecule has 31 heavy (non-hydrogen) atoms. The summed E-state index contributed by atoms with van der Waals surface area (Å²) in [6.07, 6.45) is -7.88. The van der Waals surface area contributed by atoms with Crippen LogP contribution in [-0.4, -0.2) is 55.0 Å². The third-order valence-corrected chi connectivity index (χ3v) is 4.89. The predicted molar refractivity (Wildman–Crippen MR) is 99.1 cm³/mol. The fourth-order valence-corrected chi connectivity index (χ4v) is 3.26. The first-order valence-corrected chi connectivity index (χ1v) is 8.93. The Morgan fingerprint density at radius 3 is 2.35 bits per heavy atom. The highest BCUT2D eigenvalue weighted by molar-refractivity contribution is 5.99. The number of aliphatic hydroxyl groups is 1. The Kier molecular flexibility index (Phi) is 5.81. The smallest absolute Gasteiger partial charge is 0.312 e. The predicted octanol–water partition coefficient (Wildman–Crippen LogP) is 2.88. The number of benzene rings is 1. The Morgan fingerprint density at radius 1 is 1.26 bits per heavy atom. The number of nitrogens with zero attached hydrogens (tertiary/aromatic N) is 5. The molecule has 1 amide bonds. The van der Waals surface area contributed by atoms with E-state index >= 15 is 0 Å². The number of halogens is 4. The number of hydrogen-bond acceptors (Lipinski definition) is 6. The van der Waals surface area contributed by atoms with Gasteiger partial charge in [0.2, 0.25) is 5.72 Å². The van der Waals surface area contributed by atoms with Gasteiger partial charge in [-0.1, -0.05) is 12.1 Å². The second-order valence-electron chi connectivity index (χ2n) is 7.00. The van der Waals surface area contributed by atoms with Crippen LogP contribution in [0.1, 0.15) is 33.7 Å². The molecule has 1 aliphatic rings. The Morgan fingerprint density at radius 2 is 1.87 bits per heavy atom. The highest BCUT2D eigenvalue weighted by atomic mass is 19.3. The lowest BCUT2D eigenvalue weighted by Crippen LogP contribution is -2.51. The largest absolute Gasteiger partial charge is 0.364 e. The van der Waals surface area contributed by atoms with Gasteiger partial charge in [-0.15, -0.1) is 0 Å². The number of hydrogen-bond donors (Lipinski definition) is 1. The van der Waals surface area contributed by atoms with Crippen LogP contribution in [0.25, 0.3) is 0 Å². The molecule has 1 aromatic heterocycles. The molecule has 13 heteroatoms. The molecule has 0 saturated carbocycles. The second kappa shape index (κ2) is 8.06. The molecule has 0 aliphatic carbocycles. The van der Waals surface area contributed by atoms with Crippen molar-refractivity contribution in [3.8, 4) is 0 Å². The monoisotopic (exact) mass is 443 g/mol. The molecule has 0 fully saturated rings. The van der Waals surface area contributed by atoms with E-state index in [0.29, 0.717) is 11.3 Å². The molecule has 1 atom stereocenters. The Bertz CT molecular complexity index is 1050. The number of carbonyl (C=O) groups is 1. The van der Waals surface area contributed by atoms with E-state index in [0.717, 1.165) is 0 Å². The van der Waals surface area contributed by atoms with E-state index in [9.17, 15) is 37.6 Å². The van der Waals surface area contributed by atoms with Crippen LogP contribution in [0.3, 0.4) is 0 Å². The second-order valence-corrected chi connectivity index (χ2v) is 7.00. The molecule has 166 valence electrons. The lowest BCUT2D eigenvalue weighted by Gasteiger charge is -2.30. The lowest BCUT2D eigenvalue weighted by atomic mass is 10.1. The number of rotatable bonds is 6. The molecule has 0 spiro atoms. The van der Waals surface area contributed by atoms with Crippen LogP contribution in [0.4, 0.5) is 23.2 Å². The van der Waals surface area contributed by atoms with Crippen molar-refractivity contribution in [1.29, 1.82) is 0 Å². The van der Waals surface area contributed by atoms with E-state index in [1.165, 1.54) is 42.8 Å². The van der Waals surface area contributed by atoms with Gasteiger partial charge in [0.1, 0.15) is 17.1 Å². The third kappa shape index (κ3) is 4.00. The number of amides is 1. The minimum Gasteiger partial charge on any atom is -0.364 e. The molecule has 3 rings (SSSR count). The summed E-state index contributed by atoms with van der Waals surface area (Å²) in [5.41, 5.74) is -3.30. The number of nitro groups is 1. The maximum atomic E-state index is 13.3. The van der Waals surface area contributed by atoms with E-state index in [1.807, 2.05) is 0 Å². The topological polar surface area (TPSA) is 114 Å². The van der Waals surface area contributed by atoms with E-state index < -0.39 is 41.5 Å². The molecule has 1 aromatic carbocycles. The van der Waals surface area contributed by atoms with Gasteiger partial charge in [-0.2, -0.15) is 15.2 Å². The van der Waals surface area contributed by atoms with Crippen LogP contribution in [0.2, 0.25) is 0 Å². The van der Waals surface area contributed by atoms with E-state index in [-0.39, 0.29) is 28.5 Å². The highest BCUT2D eigenvalue weighted by Gasteiger charge is 2.53. The normalized spacial score (nSPS) is 18.7. The van der Waals surface area contributed by atoms with Gasteiger partial charge in [0, 0.05) is 12.0 Å². The fourth-order valence-electron chi connectivity index (χ4n) is 3.26. The SMILES string of the molecule is Cc1nn(Cc2ccc(C(=O)N3N=C(C(F)F)C[C@@]3(O)C(F)F)cc2)c(C)c1[N+](=O)[O-]. The average molecular weight is 443 g/mol. The number of aryl methyl sites for hydroxylation is 1. The zero-order valence-corrected chi connectivity index (χ0v) is 16.3. The third-order valence-electron chi connectivity index (χ3n) is 4.89. The van der Waals surface area contributed by atoms with Crippen molar-refractivity contribution in [1.82, 2.24) is 14.8 Å². The molecule has 1 N–H and O–H groups in total. The van der Waals surface area contributed by atoms with Crippen LogP contribution in [0, 0.1) is 24.0 Å². The maximum Gasteiger partial charge on any atom is 0.312 e. The van der Waals surface area contributed by atoms with Crippen molar-refractivity contribution in [2.75, 3.05) is 0 Å². The molecular weight excluding hydrogens is 426 g/mol. The van der Waals surface area contributed by atoms with Gasteiger partial charge in [0.05, 0.1) is 11.5 Å². The molecule has 2 heterocycles. The minimum absolute atomic E-state index is 0.0153. The molecule has 2 aromatic rings. The Balaban J connectivity index is 1.84. The quantitative estimate of drug-likeness (QED) is 0.419. The van der Waals surface area contributed by atoms with Crippen molar-refractivity contribution >= 4 is 17.3 Å². The summed E-state index contributed by atoms with van der Waals surface area (Å²) in [5, 5.41) is 28.5. The van der Waals surface area contributed by atoms with E-state index in [2.05, 4.69) is 10.2 Å². The first-order valence-electron chi connectivity index (χ1n) is 8.93. The molecule has 0 radical (unpaired) electrons. The number of aromatic nitrogens is 2.